The number of hydrazone groups is 1. The fraction of sp³-hybridized carbons (Fsp3) is 0.130. The van der Waals surface area contributed by atoms with Gasteiger partial charge in [-0.3, -0.25) is 14.8 Å². The Morgan fingerprint density at radius 1 is 1.17 bits per heavy atom. The molecule has 4 aromatic rings. The molecule has 30 heavy (non-hydrogen) atoms. The van der Waals surface area contributed by atoms with Crippen LogP contribution in [0.4, 0.5) is 0 Å². The number of fused-ring (bicyclic) bond motifs is 1. The van der Waals surface area contributed by atoms with Gasteiger partial charge in [-0.2, -0.15) is 5.10 Å². The first-order valence-corrected chi connectivity index (χ1v) is 9.51. The zero-order chi connectivity index (χ0) is 20.9. The topological polar surface area (TPSA) is 81.4 Å². The lowest BCUT2D eigenvalue weighted by Crippen LogP contribution is -2.24. The summed E-state index contributed by atoms with van der Waals surface area (Å²) in [7, 11) is 0. The Morgan fingerprint density at radius 3 is 2.83 bits per heavy atom. The van der Waals surface area contributed by atoms with E-state index in [-0.39, 0.29) is 12.5 Å². The summed E-state index contributed by atoms with van der Waals surface area (Å²) in [6, 6.07) is 15.3. The van der Waals surface area contributed by atoms with Gasteiger partial charge in [0.2, 0.25) is 0 Å². The third-order valence-corrected chi connectivity index (χ3v) is 4.72. The molecule has 150 valence electrons. The minimum Gasteiger partial charge on any atom is -0.481 e. The van der Waals surface area contributed by atoms with Crippen LogP contribution in [0.25, 0.3) is 16.6 Å². The van der Waals surface area contributed by atoms with Crippen molar-refractivity contribution >= 4 is 23.0 Å². The maximum atomic E-state index is 12.1. The van der Waals surface area contributed by atoms with E-state index in [1.54, 1.807) is 24.7 Å². The van der Waals surface area contributed by atoms with Crippen LogP contribution in [-0.2, 0) is 4.79 Å². The fourth-order valence-electron chi connectivity index (χ4n) is 3.34. The molecule has 0 unspecified atom stereocenters. The number of hydrogen-bond donors (Lipinski definition) is 1. The first kappa shape index (κ1) is 19.3. The Hall–Kier alpha value is -4.00. The van der Waals surface area contributed by atoms with Crippen molar-refractivity contribution in [2.24, 2.45) is 5.10 Å². The van der Waals surface area contributed by atoms with Gasteiger partial charge in [-0.1, -0.05) is 18.2 Å². The van der Waals surface area contributed by atoms with E-state index in [4.69, 9.17) is 4.74 Å². The minimum absolute atomic E-state index is 0.151. The van der Waals surface area contributed by atoms with E-state index in [1.165, 1.54) is 0 Å². The highest BCUT2D eigenvalue weighted by molar-refractivity contribution is 5.86. The van der Waals surface area contributed by atoms with Crippen LogP contribution in [0.3, 0.4) is 0 Å². The average molecular weight is 399 g/mol. The second-order valence-electron chi connectivity index (χ2n) is 6.79. The zero-order valence-corrected chi connectivity index (χ0v) is 16.7. The quantitative estimate of drug-likeness (QED) is 0.397. The number of aryl methyl sites for hydroxylation is 1. The molecular formula is C23H21N5O2. The van der Waals surface area contributed by atoms with Crippen molar-refractivity contribution in [3.05, 3.63) is 84.1 Å². The number of carbonyl (C=O) groups excluding carboxylic acids is 1. The Labute approximate surface area is 174 Å². The molecule has 1 aromatic carbocycles. The first-order valence-electron chi connectivity index (χ1n) is 9.51. The van der Waals surface area contributed by atoms with Gasteiger partial charge >= 0.3 is 0 Å². The highest BCUT2D eigenvalue weighted by Crippen LogP contribution is 2.22. The highest BCUT2D eigenvalue weighted by atomic mass is 16.5. The molecule has 0 saturated heterocycles. The van der Waals surface area contributed by atoms with Crippen LogP contribution >= 0.6 is 0 Å². The van der Waals surface area contributed by atoms with Crippen LogP contribution in [0.5, 0.6) is 5.75 Å². The molecule has 0 radical (unpaired) electrons. The highest BCUT2D eigenvalue weighted by Gasteiger charge is 2.10. The van der Waals surface area contributed by atoms with Crippen molar-refractivity contribution in [3.63, 3.8) is 0 Å². The maximum absolute atomic E-state index is 12.1. The molecule has 4 rings (SSSR count). The summed E-state index contributed by atoms with van der Waals surface area (Å²) in [5.41, 5.74) is 7.19. The van der Waals surface area contributed by atoms with Crippen LogP contribution in [0.2, 0.25) is 0 Å². The molecule has 0 spiro atoms. The van der Waals surface area contributed by atoms with Crippen molar-refractivity contribution in [2.75, 3.05) is 6.61 Å². The summed E-state index contributed by atoms with van der Waals surface area (Å²) in [6.07, 6.45) is 6.88. The SMILES string of the molecule is Cc1cc(/C=N\NC(=O)COc2cccc3cccnc23)c(C)n1-c1cccnc1. The van der Waals surface area contributed by atoms with Gasteiger partial charge in [-0.15, -0.1) is 0 Å². The number of para-hydroxylation sites is 1. The minimum atomic E-state index is -0.347. The summed E-state index contributed by atoms with van der Waals surface area (Å²) < 4.78 is 7.72. The number of hydrogen-bond acceptors (Lipinski definition) is 5. The van der Waals surface area contributed by atoms with Gasteiger partial charge in [0.25, 0.3) is 5.91 Å². The number of pyridine rings is 2. The number of rotatable bonds is 6. The third kappa shape index (κ3) is 4.05. The monoisotopic (exact) mass is 399 g/mol. The molecule has 0 atom stereocenters. The summed E-state index contributed by atoms with van der Waals surface area (Å²) in [4.78, 5) is 20.6. The molecule has 0 fully saturated rings. The van der Waals surface area contributed by atoms with Crippen LogP contribution < -0.4 is 10.2 Å². The molecule has 0 aliphatic rings. The zero-order valence-electron chi connectivity index (χ0n) is 16.7. The number of nitrogens with zero attached hydrogens (tertiary/aromatic N) is 4. The lowest BCUT2D eigenvalue weighted by molar-refractivity contribution is -0.123. The van der Waals surface area contributed by atoms with Crippen molar-refractivity contribution in [3.8, 4) is 11.4 Å². The predicted molar refractivity (Wildman–Crippen MR) is 116 cm³/mol. The average Bonchev–Trinajstić information content (AvgIpc) is 3.06. The summed E-state index contributed by atoms with van der Waals surface area (Å²) in [5, 5.41) is 5.03. The van der Waals surface area contributed by atoms with Crippen molar-refractivity contribution < 1.29 is 9.53 Å². The van der Waals surface area contributed by atoms with E-state index < -0.39 is 0 Å². The number of nitrogens with one attached hydrogen (secondary N) is 1. The van der Waals surface area contributed by atoms with Gasteiger partial charge in [-0.05, 0) is 44.2 Å². The van der Waals surface area contributed by atoms with Gasteiger partial charge in [-0.25, -0.2) is 5.43 Å². The summed E-state index contributed by atoms with van der Waals surface area (Å²) >= 11 is 0. The normalized spacial score (nSPS) is 11.1. The number of ether oxygens (including phenoxy) is 1. The molecule has 0 aliphatic carbocycles. The van der Waals surface area contributed by atoms with E-state index in [2.05, 4.69) is 25.1 Å². The number of benzene rings is 1. The van der Waals surface area contributed by atoms with Gasteiger partial charge in [0, 0.05) is 34.7 Å². The van der Waals surface area contributed by atoms with Crippen molar-refractivity contribution in [1.82, 2.24) is 20.0 Å². The van der Waals surface area contributed by atoms with E-state index in [1.807, 2.05) is 62.5 Å². The Balaban J connectivity index is 1.40. The Kier molecular flexibility index (Phi) is 5.52. The van der Waals surface area contributed by atoms with Gasteiger partial charge in [0.1, 0.15) is 11.3 Å². The number of aromatic nitrogens is 3. The molecule has 7 nitrogen and oxygen atoms in total. The van der Waals surface area contributed by atoms with Crippen LogP contribution in [0.15, 0.2) is 72.2 Å². The van der Waals surface area contributed by atoms with E-state index in [0.29, 0.717) is 5.75 Å². The molecule has 1 amide bonds. The molecule has 1 N–H and O–H groups in total. The van der Waals surface area contributed by atoms with E-state index in [0.717, 1.165) is 33.5 Å². The van der Waals surface area contributed by atoms with Crippen molar-refractivity contribution in [2.45, 2.75) is 13.8 Å². The molecule has 0 aliphatic heterocycles. The lowest BCUT2D eigenvalue weighted by atomic mass is 10.2. The van der Waals surface area contributed by atoms with Crippen LogP contribution in [0, 0.1) is 13.8 Å². The molecule has 3 heterocycles. The van der Waals surface area contributed by atoms with Crippen LogP contribution in [-0.4, -0.2) is 33.3 Å². The summed E-state index contributed by atoms with van der Waals surface area (Å²) in [6.45, 7) is 3.86. The largest absolute Gasteiger partial charge is 0.481 e. The van der Waals surface area contributed by atoms with E-state index in [9.17, 15) is 4.79 Å². The molecule has 0 saturated carbocycles. The number of carbonyl (C=O) groups is 1. The smallest absolute Gasteiger partial charge is 0.277 e. The van der Waals surface area contributed by atoms with Gasteiger partial charge in [0.15, 0.2) is 6.61 Å². The summed E-state index contributed by atoms with van der Waals surface area (Å²) in [5.74, 6) is 0.215. The standard InChI is InChI=1S/C23H21N5O2/c1-16-12-19(17(2)28(16)20-8-5-10-24-14-20)13-26-27-22(29)15-30-21-9-3-6-18-7-4-11-25-23(18)21/h3-14H,15H2,1-2H3,(H,27,29)/b26-13-. The molecule has 7 heteroatoms. The number of amides is 1. The van der Waals surface area contributed by atoms with Gasteiger partial charge < -0.3 is 9.30 Å². The second kappa shape index (κ2) is 8.57. The lowest BCUT2D eigenvalue weighted by Gasteiger charge is -2.08. The van der Waals surface area contributed by atoms with Crippen LogP contribution in [0.1, 0.15) is 17.0 Å². The maximum Gasteiger partial charge on any atom is 0.277 e. The van der Waals surface area contributed by atoms with E-state index >= 15 is 0 Å². The molecular weight excluding hydrogens is 378 g/mol. The molecule has 0 bridgehead atoms. The van der Waals surface area contributed by atoms with Crippen molar-refractivity contribution in [1.29, 1.82) is 0 Å². The Morgan fingerprint density at radius 2 is 2.00 bits per heavy atom. The fourth-order valence-corrected chi connectivity index (χ4v) is 3.34. The second-order valence-corrected chi connectivity index (χ2v) is 6.79. The predicted octanol–water partition coefficient (Wildman–Crippen LogP) is 3.57. The molecule has 3 aromatic heterocycles. The van der Waals surface area contributed by atoms with Gasteiger partial charge in [0.05, 0.1) is 18.1 Å². The Bertz CT molecular complexity index is 1210. The first-order chi connectivity index (χ1) is 14.6. The third-order valence-electron chi connectivity index (χ3n) is 4.72.